The fourth-order valence-electron chi connectivity index (χ4n) is 3.70. The number of rotatable bonds is 8. The Labute approximate surface area is 205 Å². The van der Waals surface area contributed by atoms with Crippen LogP contribution in [0.15, 0.2) is 29.2 Å². The van der Waals surface area contributed by atoms with Gasteiger partial charge in [-0.2, -0.15) is 4.31 Å². The molecule has 182 valence electrons. The second kappa shape index (κ2) is 11.4. The number of ether oxygens (including phenoxy) is 1. The Kier molecular flexibility index (Phi) is 9.45. The van der Waals surface area contributed by atoms with Gasteiger partial charge in [0, 0.05) is 36.6 Å². The predicted molar refractivity (Wildman–Crippen MR) is 132 cm³/mol. The molecule has 8 nitrogen and oxygen atoms in total. The van der Waals surface area contributed by atoms with Crippen molar-refractivity contribution in [2.45, 2.75) is 38.6 Å². The predicted octanol–water partition coefficient (Wildman–Crippen LogP) is 3.62. The smallest absolute Gasteiger partial charge is 0.341 e. The van der Waals surface area contributed by atoms with Crippen LogP contribution in [-0.4, -0.2) is 62.8 Å². The van der Waals surface area contributed by atoms with Gasteiger partial charge >= 0.3 is 5.97 Å². The van der Waals surface area contributed by atoms with Gasteiger partial charge in [0.15, 0.2) is 0 Å². The van der Waals surface area contributed by atoms with Crippen LogP contribution in [0.2, 0.25) is 0 Å². The fraction of sp³-hybridized carbons (Fsp3) is 0.455. The fourth-order valence-corrected chi connectivity index (χ4v) is 6.47. The number of fused-ring (bicyclic) bond motifs is 1. The van der Waals surface area contributed by atoms with Crippen LogP contribution in [0.1, 0.15) is 51.9 Å². The van der Waals surface area contributed by atoms with Crippen LogP contribution in [-0.2, 0) is 27.7 Å². The molecule has 1 N–H and O–H groups in total. The minimum absolute atomic E-state index is 0. The van der Waals surface area contributed by atoms with Crippen molar-refractivity contribution >= 4 is 50.6 Å². The Hall–Kier alpha value is -1.98. The van der Waals surface area contributed by atoms with Crippen LogP contribution >= 0.6 is 23.7 Å². The maximum absolute atomic E-state index is 12.9. The molecule has 2 heterocycles. The molecule has 0 aliphatic carbocycles. The highest BCUT2D eigenvalue weighted by molar-refractivity contribution is 7.89. The summed E-state index contributed by atoms with van der Waals surface area (Å²) in [6.07, 6.45) is 0.713. The molecule has 1 aromatic heterocycles. The van der Waals surface area contributed by atoms with E-state index in [1.807, 2.05) is 7.05 Å². The van der Waals surface area contributed by atoms with Crippen molar-refractivity contribution in [1.29, 1.82) is 0 Å². The summed E-state index contributed by atoms with van der Waals surface area (Å²) in [7, 11) is -1.58. The van der Waals surface area contributed by atoms with E-state index in [2.05, 4.69) is 10.2 Å². The molecule has 2 aromatic rings. The number of anilines is 1. The zero-order chi connectivity index (χ0) is 23.5. The molecule has 0 saturated heterocycles. The van der Waals surface area contributed by atoms with E-state index in [-0.39, 0.29) is 23.9 Å². The van der Waals surface area contributed by atoms with E-state index in [1.54, 1.807) is 20.8 Å². The minimum Gasteiger partial charge on any atom is -0.462 e. The van der Waals surface area contributed by atoms with Crippen molar-refractivity contribution in [3.05, 3.63) is 45.8 Å². The Bertz CT molecular complexity index is 1100. The first-order chi connectivity index (χ1) is 15.2. The summed E-state index contributed by atoms with van der Waals surface area (Å²) >= 11 is 1.38. The van der Waals surface area contributed by atoms with Gasteiger partial charge in [-0.25, -0.2) is 13.2 Å². The normalized spacial score (nSPS) is 13.8. The summed E-state index contributed by atoms with van der Waals surface area (Å²) < 4.78 is 31.9. The third-order valence-corrected chi connectivity index (χ3v) is 8.61. The highest BCUT2D eigenvalue weighted by atomic mass is 35.5. The zero-order valence-electron chi connectivity index (χ0n) is 19.2. The average Bonchev–Trinajstić information content (AvgIpc) is 3.11. The van der Waals surface area contributed by atoms with Gasteiger partial charge in [-0.05, 0) is 50.2 Å². The molecular weight excluding hydrogens is 486 g/mol. The molecule has 0 unspecified atom stereocenters. The van der Waals surface area contributed by atoms with E-state index in [1.165, 1.54) is 39.9 Å². The monoisotopic (exact) mass is 515 g/mol. The first-order valence-corrected chi connectivity index (χ1v) is 12.9. The SMILES string of the molecule is CCOC(=O)c1c(NC(=O)c2ccc(S(=O)(=O)N(CC)CC)cc2)sc2c1CCN(C)C2.Cl. The Balaban J connectivity index is 0.00000385. The van der Waals surface area contributed by atoms with Crippen molar-refractivity contribution < 1.29 is 22.7 Å². The van der Waals surface area contributed by atoms with Crippen LogP contribution in [0.25, 0.3) is 0 Å². The number of likely N-dealkylation sites (N-methyl/N-ethyl adjacent to an activating group) is 1. The number of esters is 1. The average molecular weight is 516 g/mol. The summed E-state index contributed by atoms with van der Waals surface area (Å²) in [6.45, 7) is 7.83. The van der Waals surface area contributed by atoms with Gasteiger partial charge in [0.2, 0.25) is 10.0 Å². The topological polar surface area (TPSA) is 96.0 Å². The molecule has 3 rings (SSSR count). The highest BCUT2D eigenvalue weighted by Crippen LogP contribution is 2.37. The lowest BCUT2D eigenvalue weighted by atomic mass is 10.0. The quantitative estimate of drug-likeness (QED) is 0.539. The van der Waals surface area contributed by atoms with Gasteiger partial charge in [0.25, 0.3) is 5.91 Å². The number of sulfonamides is 1. The summed E-state index contributed by atoms with van der Waals surface area (Å²) in [5, 5.41) is 3.31. The molecule has 1 aliphatic rings. The number of halogens is 1. The summed E-state index contributed by atoms with van der Waals surface area (Å²) in [6, 6.07) is 5.83. The van der Waals surface area contributed by atoms with Gasteiger partial charge in [0.1, 0.15) is 5.00 Å². The van der Waals surface area contributed by atoms with Gasteiger partial charge in [-0.3, -0.25) is 4.79 Å². The second-order valence-electron chi connectivity index (χ2n) is 7.48. The van der Waals surface area contributed by atoms with Crippen LogP contribution in [0.5, 0.6) is 0 Å². The van der Waals surface area contributed by atoms with Crippen molar-refractivity contribution in [3.63, 3.8) is 0 Å². The molecule has 0 saturated carbocycles. The van der Waals surface area contributed by atoms with Gasteiger partial charge in [0.05, 0.1) is 17.1 Å². The third kappa shape index (κ3) is 5.75. The molecule has 1 amide bonds. The maximum atomic E-state index is 12.9. The van der Waals surface area contributed by atoms with Crippen LogP contribution in [0.3, 0.4) is 0 Å². The zero-order valence-corrected chi connectivity index (χ0v) is 21.7. The number of nitrogens with one attached hydrogen (secondary N) is 1. The molecule has 33 heavy (non-hydrogen) atoms. The highest BCUT2D eigenvalue weighted by Gasteiger charge is 2.29. The van der Waals surface area contributed by atoms with Crippen LogP contribution < -0.4 is 5.32 Å². The molecule has 0 fully saturated rings. The van der Waals surface area contributed by atoms with E-state index in [9.17, 15) is 18.0 Å². The van der Waals surface area contributed by atoms with Crippen LogP contribution in [0.4, 0.5) is 5.00 Å². The van der Waals surface area contributed by atoms with Gasteiger partial charge < -0.3 is 15.0 Å². The number of carbonyl (C=O) groups excluding carboxylic acids is 2. The summed E-state index contributed by atoms with van der Waals surface area (Å²) in [5.74, 6) is -0.847. The summed E-state index contributed by atoms with van der Waals surface area (Å²) in [4.78, 5) is 28.9. The number of carbonyl (C=O) groups is 2. The van der Waals surface area contributed by atoms with Gasteiger partial charge in [-0.1, -0.05) is 13.8 Å². The first-order valence-electron chi connectivity index (χ1n) is 10.6. The van der Waals surface area contributed by atoms with Crippen molar-refractivity contribution in [2.75, 3.05) is 38.6 Å². The van der Waals surface area contributed by atoms with E-state index >= 15 is 0 Å². The lowest BCUT2D eigenvalue weighted by Gasteiger charge is -2.22. The lowest BCUT2D eigenvalue weighted by Crippen LogP contribution is -2.30. The largest absolute Gasteiger partial charge is 0.462 e. The number of thiophene rings is 1. The van der Waals surface area contributed by atoms with Crippen molar-refractivity contribution in [3.8, 4) is 0 Å². The molecular formula is C22H30ClN3O5S2. The van der Waals surface area contributed by atoms with Gasteiger partial charge in [-0.15, -0.1) is 23.7 Å². The molecule has 11 heteroatoms. The number of hydrogen-bond donors (Lipinski definition) is 1. The Morgan fingerprint density at radius 1 is 1.15 bits per heavy atom. The van der Waals surface area contributed by atoms with Crippen LogP contribution in [0, 0.1) is 0 Å². The third-order valence-electron chi connectivity index (χ3n) is 5.41. The van der Waals surface area contributed by atoms with E-state index in [0.717, 1.165) is 17.0 Å². The number of nitrogens with zero attached hydrogens (tertiary/aromatic N) is 2. The molecule has 1 aromatic carbocycles. The first kappa shape index (κ1) is 27.3. The Morgan fingerprint density at radius 2 is 1.79 bits per heavy atom. The number of amides is 1. The van der Waals surface area contributed by atoms with E-state index < -0.39 is 21.9 Å². The maximum Gasteiger partial charge on any atom is 0.341 e. The minimum atomic E-state index is -3.60. The molecule has 0 bridgehead atoms. The molecule has 0 spiro atoms. The standard InChI is InChI=1S/C22H29N3O5S2.ClH/c1-5-25(6-2)32(28,29)16-10-8-15(9-11-16)20(26)23-21-19(22(27)30-7-3)17-12-13-24(4)14-18(17)31-21;/h8-11H,5-7,12-14H2,1-4H3,(H,23,26);1H. The summed E-state index contributed by atoms with van der Waals surface area (Å²) in [5.41, 5.74) is 1.67. The molecule has 0 atom stereocenters. The van der Waals surface area contributed by atoms with Crippen molar-refractivity contribution in [2.24, 2.45) is 0 Å². The van der Waals surface area contributed by atoms with E-state index in [4.69, 9.17) is 4.74 Å². The molecule has 0 radical (unpaired) electrons. The second-order valence-corrected chi connectivity index (χ2v) is 10.5. The lowest BCUT2D eigenvalue weighted by molar-refractivity contribution is 0.0526. The Morgan fingerprint density at radius 3 is 2.36 bits per heavy atom. The number of hydrogen-bond acceptors (Lipinski definition) is 7. The van der Waals surface area contributed by atoms with E-state index in [0.29, 0.717) is 42.2 Å². The molecule has 1 aliphatic heterocycles. The number of benzene rings is 1. The van der Waals surface area contributed by atoms with Crippen molar-refractivity contribution in [1.82, 2.24) is 9.21 Å².